The van der Waals surface area contributed by atoms with Gasteiger partial charge in [-0.05, 0) is 49.0 Å². The first-order valence-corrected chi connectivity index (χ1v) is 6.39. The van der Waals surface area contributed by atoms with Crippen molar-refractivity contribution in [2.75, 3.05) is 0 Å². The Balaban J connectivity index is 2.19. The van der Waals surface area contributed by atoms with Crippen molar-refractivity contribution in [3.63, 3.8) is 0 Å². The fraction of sp³-hybridized carbons (Fsp3) is 0.733. The summed E-state index contributed by atoms with van der Waals surface area (Å²) in [6.07, 6.45) is 9.23. The van der Waals surface area contributed by atoms with Gasteiger partial charge >= 0.3 is 0 Å². The minimum atomic E-state index is 0.494. The lowest BCUT2D eigenvalue weighted by Gasteiger charge is -2.52. The van der Waals surface area contributed by atoms with Crippen LogP contribution in [-0.2, 0) is 0 Å². The van der Waals surface area contributed by atoms with Crippen LogP contribution in [0.3, 0.4) is 0 Å². The van der Waals surface area contributed by atoms with Crippen LogP contribution in [0.4, 0.5) is 0 Å². The van der Waals surface area contributed by atoms with Crippen molar-refractivity contribution in [2.24, 2.45) is 22.7 Å². The third kappa shape index (κ3) is 0.859. The molecule has 0 amide bonds. The van der Waals surface area contributed by atoms with Crippen molar-refractivity contribution in [2.45, 2.75) is 47.0 Å². The molecule has 0 unspecified atom stereocenters. The summed E-state index contributed by atoms with van der Waals surface area (Å²) in [7, 11) is 0. The topological polar surface area (TPSA) is 0 Å². The maximum absolute atomic E-state index is 2.61. The summed E-state index contributed by atoms with van der Waals surface area (Å²) < 4.78 is 0. The van der Waals surface area contributed by atoms with Gasteiger partial charge in [-0.25, -0.2) is 0 Å². The maximum Gasteiger partial charge on any atom is 0.00694 e. The first kappa shape index (κ1) is 9.69. The van der Waals surface area contributed by atoms with Gasteiger partial charge in [0.1, 0.15) is 0 Å². The molecular formula is C15H22. The zero-order valence-electron chi connectivity index (χ0n) is 10.4. The Hall–Kier alpha value is -0.520. The SMILES string of the molecule is CC1=CC[C@@]23C1=C[C@@H](CC[C@H]2C)C3(C)C. The van der Waals surface area contributed by atoms with Crippen molar-refractivity contribution >= 4 is 0 Å². The molecule has 0 aliphatic heterocycles. The second-order valence-corrected chi connectivity index (χ2v) is 6.45. The Bertz CT molecular complexity index is 369. The molecule has 0 nitrogen and oxygen atoms in total. The number of allylic oxidation sites excluding steroid dienone is 4. The Morgan fingerprint density at radius 3 is 2.73 bits per heavy atom. The minimum absolute atomic E-state index is 0.494. The van der Waals surface area contributed by atoms with E-state index in [-0.39, 0.29) is 0 Å². The zero-order valence-corrected chi connectivity index (χ0v) is 10.4. The largest absolute Gasteiger partial charge is 0.0804 e. The van der Waals surface area contributed by atoms with Gasteiger partial charge in [0.25, 0.3) is 0 Å². The summed E-state index contributed by atoms with van der Waals surface area (Å²) in [5.41, 5.74) is 4.27. The van der Waals surface area contributed by atoms with Crippen molar-refractivity contribution < 1.29 is 0 Å². The average Bonchev–Trinajstić information content (AvgIpc) is 2.53. The molecule has 2 bridgehead atoms. The smallest absolute Gasteiger partial charge is 0.00694 e. The fourth-order valence-corrected chi connectivity index (χ4v) is 4.74. The number of hydrogen-bond acceptors (Lipinski definition) is 0. The average molecular weight is 202 g/mol. The molecule has 0 aromatic carbocycles. The van der Waals surface area contributed by atoms with Crippen LogP contribution in [0.25, 0.3) is 0 Å². The lowest BCUT2D eigenvalue weighted by Crippen LogP contribution is -2.46. The Morgan fingerprint density at radius 2 is 2.00 bits per heavy atom. The second kappa shape index (κ2) is 2.59. The molecule has 15 heavy (non-hydrogen) atoms. The predicted molar refractivity (Wildman–Crippen MR) is 64.6 cm³/mol. The molecule has 82 valence electrons. The molecule has 0 aromatic heterocycles. The molecular weight excluding hydrogens is 180 g/mol. The van der Waals surface area contributed by atoms with Gasteiger partial charge in [-0.15, -0.1) is 0 Å². The van der Waals surface area contributed by atoms with Gasteiger partial charge in [-0.2, -0.15) is 0 Å². The molecule has 3 atom stereocenters. The van der Waals surface area contributed by atoms with Crippen LogP contribution in [0.2, 0.25) is 0 Å². The van der Waals surface area contributed by atoms with E-state index in [9.17, 15) is 0 Å². The van der Waals surface area contributed by atoms with Crippen molar-refractivity contribution in [3.8, 4) is 0 Å². The Morgan fingerprint density at radius 1 is 1.27 bits per heavy atom. The molecule has 3 aliphatic carbocycles. The normalized spacial score (nSPS) is 46.1. The molecule has 0 saturated heterocycles. The lowest BCUT2D eigenvalue weighted by molar-refractivity contribution is -0.00386. The summed E-state index contributed by atoms with van der Waals surface area (Å²) in [6, 6.07) is 0. The first-order chi connectivity index (χ1) is 7.00. The summed E-state index contributed by atoms with van der Waals surface area (Å²) in [6.45, 7) is 9.79. The van der Waals surface area contributed by atoms with E-state index in [0.717, 1.165) is 11.8 Å². The van der Waals surface area contributed by atoms with E-state index in [1.807, 2.05) is 0 Å². The van der Waals surface area contributed by atoms with Crippen LogP contribution in [0.1, 0.15) is 47.0 Å². The molecule has 0 heteroatoms. The third-order valence-electron chi connectivity index (χ3n) is 5.83. The predicted octanol–water partition coefficient (Wildman–Crippen LogP) is 4.34. The monoisotopic (exact) mass is 202 g/mol. The molecule has 0 N–H and O–H groups in total. The highest BCUT2D eigenvalue weighted by Crippen LogP contribution is 2.69. The van der Waals surface area contributed by atoms with Crippen LogP contribution >= 0.6 is 0 Å². The summed E-state index contributed by atoms with van der Waals surface area (Å²) in [5.74, 6) is 1.71. The molecule has 3 rings (SSSR count). The molecule has 0 radical (unpaired) electrons. The second-order valence-electron chi connectivity index (χ2n) is 6.45. The zero-order chi connectivity index (χ0) is 10.8. The summed E-state index contributed by atoms with van der Waals surface area (Å²) >= 11 is 0. The third-order valence-corrected chi connectivity index (χ3v) is 5.83. The van der Waals surface area contributed by atoms with Crippen LogP contribution in [0, 0.1) is 22.7 Å². The van der Waals surface area contributed by atoms with Gasteiger partial charge in [0.05, 0.1) is 0 Å². The molecule has 1 spiro atoms. The van der Waals surface area contributed by atoms with Crippen LogP contribution in [0.5, 0.6) is 0 Å². The van der Waals surface area contributed by atoms with E-state index < -0.39 is 0 Å². The molecule has 0 heterocycles. The Labute approximate surface area is 93.5 Å². The minimum Gasteiger partial charge on any atom is -0.0804 e. The van der Waals surface area contributed by atoms with Gasteiger partial charge in [0.2, 0.25) is 0 Å². The fourth-order valence-electron chi connectivity index (χ4n) is 4.74. The highest BCUT2D eigenvalue weighted by atomic mass is 14.6. The molecule has 1 saturated carbocycles. The first-order valence-electron chi connectivity index (χ1n) is 6.39. The van der Waals surface area contributed by atoms with Gasteiger partial charge in [-0.1, -0.05) is 38.5 Å². The highest BCUT2D eigenvalue weighted by molar-refractivity contribution is 5.49. The highest BCUT2D eigenvalue weighted by Gasteiger charge is 2.61. The summed E-state index contributed by atoms with van der Waals surface area (Å²) in [4.78, 5) is 0. The number of rotatable bonds is 0. The van der Waals surface area contributed by atoms with E-state index >= 15 is 0 Å². The van der Waals surface area contributed by atoms with Crippen molar-refractivity contribution in [1.82, 2.24) is 0 Å². The van der Waals surface area contributed by atoms with E-state index in [0.29, 0.717) is 10.8 Å². The van der Waals surface area contributed by atoms with Gasteiger partial charge < -0.3 is 0 Å². The van der Waals surface area contributed by atoms with Crippen molar-refractivity contribution in [1.29, 1.82) is 0 Å². The van der Waals surface area contributed by atoms with E-state index in [1.54, 1.807) is 11.1 Å². The van der Waals surface area contributed by atoms with Crippen LogP contribution in [-0.4, -0.2) is 0 Å². The summed E-state index contributed by atoms with van der Waals surface area (Å²) in [5, 5.41) is 0. The number of fused-ring (bicyclic) bond motifs is 1. The van der Waals surface area contributed by atoms with Crippen LogP contribution < -0.4 is 0 Å². The van der Waals surface area contributed by atoms with Gasteiger partial charge in [0.15, 0.2) is 0 Å². The van der Waals surface area contributed by atoms with Gasteiger partial charge in [-0.3, -0.25) is 0 Å². The van der Waals surface area contributed by atoms with E-state index in [1.165, 1.54) is 19.3 Å². The molecule has 3 aliphatic rings. The quantitative estimate of drug-likeness (QED) is 0.548. The lowest BCUT2D eigenvalue weighted by atomic mass is 9.51. The standard InChI is InChI=1S/C15H22/c1-10-7-8-15-11(2)5-6-12(9-13(10)15)14(15,3)4/h7,9,11-12H,5-6,8H2,1-4H3/t11-,12-,15+/m1/s1. The van der Waals surface area contributed by atoms with Crippen LogP contribution in [0.15, 0.2) is 23.3 Å². The van der Waals surface area contributed by atoms with E-state index in [4.69, 9.17) is 0 Å². The number of hydrogen-bond donors (Lipinski definition) is 0. The van der Waals surface area contributed by atoms with E-state index in [2.05, 4.69) is 39.8 Å². The van der Waals surface area contributed by atoms with Crippen molar-refractivity contribution in [3.05, 3.63) is 23.3 Å². The molecule has 1 fully saturated rings. The maximum atomic E-state index is 2.61. The molecule has 0 aromatic rings. The Kier molecular flexibility index (Phi) is 1.67. The van der Waals surface area contributed by atoms with Gasteiger partial charge in [0, 0.05) is 5.41 Å².